The van der Waals surface area contributed by atoms with Crippen LogP contribution in [0.25, 0.3) is 0 Å². The molecular formula is C26H33NO. The van der Waals surface area contributed by atoms with Crippen LogP contribution in [0.4, 0.5) is 0 Å². The summed E-state index contributed by atoms with van der Waals surface area (Å²) in [6, 6.07) is 19.5. The molecule has 0 unspecified atom stereocenters. The molecule has 4 saturated carbocycles. The van der Waals surface area contributed by atoms with Gasteiger partial charge < -0.3 is 10.1 Å². The van der Waals surface area contributed by atoms with E-state index in [0.717, 1.165) is 30.0 Å². The molecule has 0 amide bonds. The maximum absolute atomic E-state index is 6.16. The van der Waals surface area contributed by atoms with Gasteiger partial charge in [-0.15, -0.1) is 0 Å². The van der Waals surface area contributed by atoms with E-state index >= 15 is 0 Å². The number of rotatable bonds is 7. The number of benzene rings is 2. The van der Waals surface area contributed by atoms with Crippen molar-refractivity contribution in [2.45, 2.75) is 64.6 Å². The van der Waals surface area contributed by atoms with Crippen LogP contribution in [0.15, 0.2) is 54.6 Å². The summed E-state index contributed by atoms with van der Waals surface area (Å²) < 4.78 is 6.16. The lowest BCUT2D eigenvalue weighted by Crippen LogP contribution is -2.54. The van der Waals surface area contributed by atoms with E-state index in [2.05, 4.69) is 60.8 Å². The second-order valence-corrected chi connectivity index (χ2v) is 9.76. The van der Waals surface area contributed by atoms with Gasteiger partial charge in [-0.1, -0.05) is 48.5 Å². The van der Waals surface area contributed by atoms with E-state index in [-0.39, 0.29) is 0 Å². The van der Waals surface area contributed by atoms with Crippen LogP contribution < -0.4 is 10.1 Å². The fourth-order valence-electron chi connectivity index (χ4n) is 6.71. The van der Waals surface area contributed by atoms with Crippen LogP contribution in [0.5, 0.6) is 5.75 Å². The lowest BCUT2D eigenvalue weighted by molar-refractivity contribution is -0.0706. The van der Waals surface area contributed by atoms with Crippen molar-refractivity contribution in [3.63, 3.8) is 0 Å². The normalized spacial score (nSPS) is 31.7. The highest BCUT2D eigenvalue weighted by Crippen LogP contribution is 2.61. The van der Waals surface area contributed by atoms with Crippen LogP contribution in [0.3, 0.4) is 0 Å². The van der Waals surface area contributed by atoms with Crippen molar-refractivity contribution in [1.29, 1.82) is 0 Å². The van der Waals surface area contributed by atoms with E-state index < -0.39 is 0 Å². The molecule has 0 aromatic heterocycles. The molecule has 0 radical (unpaired) electrons. The third kappa shape index (κ3) is 3.59. The molecule has 28 heavy (non-hydrogen) atoms. The topological polar surface area (TPSA) is 21.3 Å². The van der Waals surface area contributed by atoms with Crippen LogP contribution in [0.2, 0.25) is 0 Å². The summed E-state index contributed by atoms with van der Waals surface area (Å²) in [5, 5.41) is 3.91. The van der Waals surface area contributed by atoms with Crippen molar-refractivity contribution in [3.8, 4) is 5.75 Å². The molecule has 2 nitrogen and oxygen atoms in total. The van der Waals surface area contributed by atoms with Crippen LogP contribution in [-0.4, -0.2) is 6.04 Å². The standard InChI is InChI=1S/C26H33NO/c1-19(26-14-21-11-22(15-26)13-23(12-21)16-26)27-17-24-9-5-6-10-25(24)28-18-20-7-3-2-4-8-20/h2-10,19,21-23,27H,11-18H2,1H3/t19-,21?,22?,23?,26?/m1/s1. The van der Waals surface area contributed by atoms with Crippen LogP contribution in [0, 0.1) is 23.2 Å². The Morgan fingerprint density at radius 1 is 0.893 bits per heavy atom. The number of ether oxygens (including phenoxy) is 1. The molecule has 2 aromatic rings. The van der Waals surface area contributed by atoms with E-state index in [1.807, 2.05) is 6.07 Å². The summed E-state index contributed by atoms with van der Waals surface area (Å²) in [6.45, 7) is 3.97. The average Bonchev–Trinajstić information content (AvgIpc) is 2.71. The SMILES string of the molecule is C[C@@H](NCc1ccccc1OCc1ccccc1)C12CC3CC(CC(C3)C1)C2. The number of nitrogens with one attached hydrogen (secondary N) is 1. The molecule has 1 atom stereocenters. The minimum Gasteiger partial charge on any atom is -0.489 e. The van der Waals surface area contributed by atoms with Crippen molar-refractivity contribution in [1.82, 2.24) is 5.32 Å². The van der Waals surface area contributed by atoms with Crippen molar-refractivity contribution in [3.05, 3.63) is 65.7 Å². The Balaban J connectivity index is 1.23. The molecule has 2 aromatic carbocycles. The first-order valence-corrected chi connectivity index (χ1v) is 11.2. The number of hydrogen-bond acceptors (Lipinski definition) is 2. The monoisotopic (exact) mass is 375 g/mol. The molecule has 0 spiro atoms. The molecule has 6 rings (SSSR count). The van der Waals surface area contributed by atoms with E-state index in [1.165, 1.54) is 49.7 Å². The molecule has 148 valence electrons. The quantitative estimate of drug-likeness (QED) is 0.645. The lowest BCUT2D eigenvalue weighted by Gasteiger charge is -2.59. The number of hydrogen-bond donors (Lipinski definition) is 1. The van der Waals surface area contributed by atoms with Gasteiger partial charge in [-0.2, -0.15) is 0 Å². The van der Waals surface area contributed by atoms with E-state index in [9.17, 15) is 0 Å². The maximum atomic E-state index is 6.16. The first-order chi connectivity index (χ1) is 13.7. The summed E-state index contributed by atoms with van der Waals surface area (Å²) in [6.07, 6.45) is 8.92. The van der Waals surface area contributed by atoms with Gasteiger partial charge in [0, 0.05) is 18.2 Å². The number of para-hydroxylation sites is 1. The van der Waals surface area contributed by atoms with Gasteiger partial charge >= 0.3 is 0 Å². The third-order valence-corrected chi connectivity index (χ3v) is 7.81. The Hall–Kier alpha value is -1.80. The molecule has 0 aliphatic heterocycles. The van der Waals surface area contributed by atoms with Gasteiger partial charge in [0.15, 0.2) is 0 Å². The van der Waals surface area contributed by atoms with Gasteiger partial charge in [0.2, 0.25) is 0 Å². The zero-order chi connectivity index (χ0) is 19.0. The molecule has 4 aliphatic carbocycles. The Morgan fingerprint density at radius 2 is 1.50 bits per heavy atom. The first kappa shape index (κ1) is 18.2. The van der Waals surface area contributed by atoms with E-state index in [0.29, 0.717) is 18.1 Å². The van der Waals surface area contributed by atoms with Gasteiger partial charge in [0.1, 0.15) is 12.4 Å². The summed E-state index contributed by atoms with van der Waals surface area (Å²) in [7, 11) is 0. The molecule has 0 saturated heterocycles. The second kappa shape index (κ2) is 7.55. The molecule has 4 aliphatic rings. The zero-order valence-electron chi connectivity index (χ0n) is 17.1. The Kier molecular flexibility index (Phi) is 4.92. The molecule has 4 fully saturated rings. The fourth-order valence-corrected chi connectivity index (χ4v) is 6.71. The molecule has 0 heterocycles. The van der Waals surface area contributed by atoms with Crippen molar-refractivity contribution in [2.75, 3.05) is 0 Å². The van der Waals surface area contributed by atoms with Gasteiger partial charge in [-0.3, -0.25) is 0 Å². The van der Waals surface area contributed by atoms with Crippen LogP contribution in [0.1, 0.15) is 56.6 Å². The highest BCUT2D eigenvalue weighted by molar-refractivity contribution is 5.33. The van der Waals surface area contributed by atoms with Crippen LogP contribution in [-0.2, 0) is 13.2 Å². The zero-order valence-corrected chi connectivity index (χ0v) is 17.1. The minimum absolute atomic E-state index is 0.550. The van der Waals surface area contributed by atoms with E-state index in [1.54, 1.807) is 0 Å². The lowest BCUT2D eigenvalue weighted by atomic mass is 9.48. The Bertz CT molecular complexity index is 764. The Labute approximate surface area is 169 Å². The highest BCUT2D eigenvalue weighted by Gasteiger charge is 2.52. The van der Waals surface area contributed by atoms with Crippen molar-refractivity contribution in [2.24, 2.45) is 23.2 Å². The minimum atomic E-state index is 0.550. The summed E-state index contributed by atoms with van der Waals surface area (Å²) >= 11 is 0. The Morgan fingerprint density at radius 3 is 2.18 bits per heavy atom. The van der Waals surface area contributed by atoms with Crippen LogP contribution >= 0.6 is 0 Å². The van der Waals surface area contributed by atoms with Gasteiger partial charge in [-0.05, 0) is 80.2 Å². The average molecular weight is 376 g/mol. The highest BCUT2D eigenvalue weighted by atomic mass is 16.5. The molecular weight excluding hydrogens is 342 g/mol. The molecule has 2 heteroatoms. The van der Waals surface area contributed by atoms with Crippen molar-refractivity contribution < 1.29 is 4.74 Å². The fraction of sp³-hybridized carbons (Fsp3) is 0.538. The van der Waals surface area contributed by atoms with Gasteiger partial charge in [0.25, 0.3) is 0 Å². The van der Waals surface area contributed by atoms with Gasteiger partial charge in [-0.25, -0.2) is 0 Å². The van der Waals surface area contributed by atoms with E-state index in [4.69, 9.17) is 4.74 Å². The van der Waals surface area contributed by atoms with Gasteiger partial charge in [0.05, 0.1) is 0 Å². The summed E-state index contributed by atoms with van der Waals surface area (Å²) in [5.74, 6) is 4.04. The predicted octanol–water partition coefficient (Wildman–Crippen LogP) is 5.96. The summed E-state index contributed by atoms with van der Waals surface area (Å²) in [5.41, 5.74) is 3.04. The second-order valence-electron chi connectivity index (χ2n) is 9.76. The van der Waals surface area contributed by atoms with Crippen molar-refractivity contribution >= 4 is 0 Å². The predicted molar refractivity (Wildman–Crippen MR) is 114 cm³/mol. The molecule has 4 bridgehead atoms. The summed E-state index contributed by atoms with van der Waals surface area (Å²) in [4.78, 5) is 0. The first-order valence-electron chi connectivity index (χ1n) is 11.2. The molecule has 1 N–H and O–H groups in total. The third-order valence-electron chi connectivity index (χ3n) is 7.81. The largest absolute Gasteiger partial charge is 0.489 e. The maximum Gasteiger partial charge on any atom is 0.124 e. The smallest absolute Gasteiger partial charge is 0.124 e.